The fourth-order valence-electron chi connectivity index (χ4n) is 3.64. The number of H-pyrrole nitrogens is 1. The highest BCUT2D eigenvalue weighted by molar-refractivity contribution is 6.31. The number of carbonyl (C=O) groups is 1. The molecule has 0 radical (unpaired) electrons. The summed E-state index contributed by atoms with van der Waals surface area (Å²) in [4.78, 5) is 15.4. The lowest BCUT2D eigenvalue weighted by molar-refractivity contribution is -0.122. The molecular formula is C19H27Cl2N3O. The summed E-state index contributed by atoms with van der Waals surface area (Å²) in [6.07, 6.45) is 5.82. The number of carbonyl (C=O) groups excluding carboxylic acids is 1. The van der Waals surface area contributed by atoms with E-state index in [-0.39, 0.29) is 18.3 Å². The quantitative estimate of drug-likeness (QED) is 0.707. The monoisotopic (exact) mass is 383 g/mol. The van der Waals surface area contributed by atoms with Crippen LogP contribution in [0, 0.1) is 11.8 Å². The maximum atomic E-state index is 12.2. The predicted molar refractivity (Wildman–Crippen MR) is 107 cm³/mol. The zero-order valence-corrected chi connectivity index (χ0v) is 16.2. The molecule has 1 aromatic heterocycles. The molecular weight excluding hydrogens is 357 g/mol. The number of aromatic nitrogens is 1. The normalized spacial score (nSPS) is 16.4. The lowest BCUT2D eigenvalue weighted by Crippen LogP contribution is -2.34. The lowest BCUT2D eigenvalue weighted by atomic mass is 9.84. The smallest absolute Gasteiger partial charge is 0.220 e. The van der Waals surface area contributed by atoms with E-state index in [0.29, 0.717) is 24.8 Å². The minimum absolute atomic E-state index is 0. The molecule has 0 spiro atoms. The topological polar surface area (TPSA) is 56.9 Å². The van der Waals surface area contributed by atoms with E-state index in [2.05, 4.69) is 22.5 Å². The van der Waals surface area contributed by atoms with Crippen LogP contribution in [0.1, 0.15) is 31.7 Å². The molecule has 1 saturated heterocycles. The van der Waals surface area contributed by atoms with Gasteiger partial charge in [0.05, 0.1) is 0 Å². The average Bonchev–Trinajstić information content (AvgIpc) is 2.98. The van der Waals surface area contributed by atoms with Gasteiger partial charge in [-0.15, -0.1) is 12.4 Å². The van der Waals surface area contributed by atoms with Crippen LogP contribution >= 0.6 is 24.0 Å². The number of nitrogens with one attached hydrogen (secondary N) is 3. The van der Waals surface area contributed by atoms with Gasteiger partial charge in [-0.05, 0) is 68.0 Å². The number of aromatic amines is 1. The van der Waals surface area contributed by atoms with Crippen LogP contribution in [0.5, 0.6) is 0 Å². The highest BCUT2D eigenvalue weighted by atomic mass is 35.5. The Hall–Kier alpha value is -1.23. The van der Waals surface area contributed by atoms with Gasteiger partial charge in [0.15, 0.2) is 0 Å². The van der Waals surface area contributed by atoms with Gasteiger partial charge < -0.3 is 15.6 Å². The van der Waals surface area contributed by atoms with Crippen molar-refractivity contribution >= 4 is 40.8 Å². The molecule has 4 nitrogen and oxygen atoms in total. The van der Waals surface area contributed by atoms with Crippen LogP contribution in [-0.2, 0) is 11.2 Å². The minimum atomic E-state index is 0. The highest BCUT2D eigenvalue weighted by Gasteiger charge is 2.21. The van der Waals surface area contributed by atoms with Crippen LogP contribution in [0.15, 0.2) is 24.4 Å². The van der Waals surface area contributed by atoms with E-state index < -0.39 is 0 Å². The molecule has 3 N–H and O–H groups in total. The van der Waals surface area contributed by atoms with Gasteiger partial charge in [-0.1, -0.05) is 18.5 Å². The lowest BCUT2D eigenvalue weighted by Gasteiger charge is -2.27. The van der Waals surface area contributed by atoms with E-state index in [4.69, 9.17) is 11.6 Å². The molecule has 1 aromatic carbocycles. The van der Waals surface area contributed by atoms with Crippen LogP contribution in [0.4, 0.5) is 0 Å². The molecule has 0 saturated carbocycles. The summed E-state index contributed by atoms with van der Waals surface area (Å²) in [6.45, 7) is 5.04. The summed E-state index contributed by atoms with van der Waals surface area (Å²) in [5.74, 6) is 1.30. The van der Waals surface area contributed by atoms with E-state index in [1.165, 1.54) is 18.4 Å². The van der Waals surface area contributed by atoms with Gasteiger partial charge in [-0.25, -0.2) is 0 Å². The Balaban J connectivity index is 0.00000225. The number of amides is 1. The molecule has 25 heavy (non-hydrogen) atoms. The Kier molecular flexibility index (Phi) is 7.60. The highest BCUT2D eigenvalue weighted by Crippen LogP contribution is 2.24. The van der Waals surface area contributed by atoms with E-state index in [9.17, 15) is 4.79 Å². The van der Waals surface area contributed by atoms with Crippen LogP contribution in [0.3, 0.4) is 0 Å². The van der Waals surface area contributed by atoms with Crippen molar-refractivity contribution in [3.63, 3.8) is 0 Å². The Bertz CT molecular complexity index is 695. The zero-order valence-electron chi connectivity index (χ0n) is 14.6. The minimum Gasteiger partial charge on any atom is -0.361 e. The Labute approximate surface area is 160 Å². The Morgan fingerprint density at radius 1 is 1.36 bits per heavy atom. The van der Waals surface area contributed by atoms with Gasteiger partial charge >= 0.3 is 0 Å². The Morgan fingerprint density at radius 3 is 2.88 bits per heavy atom. The predicted octanol–water partition coefficient (Wildman–Crippen LogP) is 3.93. The number of fused-ring (bicyclic) bond motifs is 1. The summed E-state index contributed by atoms with van der Waals surface area (Å²) in [7, 11) is 0. The van der Waals surface area contributed by atoms with Crippen molar-refractivity contribution in [3.8, 4) is 0 Å². The van der Waals surface area contributed by atoms with Gasteiger partial charge in [0.1, 0.15) is 0 Å². The summed E-state index contributed by atoms with van der Waals surface area (Å²) in [5.41, 5.74) is 2.28. The number of rotatable bonds is 6. The number of hydrogen-bond donors (Lipinski definition) is 3. The second kappa shape index (κ2) is 9.46. The maximum absolute atomic E-state index is 12.2. The molecule has 3 rings (SSSR count). The van der Waals surface area contributed by atoms with Crippen molar-refractivity contribution < 1.29 is 4.79 Å². The SMILES string of the molecule is CC(CC(=O)NCCc1c[nH]c2ccc(Cl)cc12)C1CCNCC1.Cl. The van der Waals surface area contributed by atoms with Gasteiger partial charge in [-0.3, -0.25) is 4.79 Å². The number of benzene rings is 1. The van der Waals surface area contributed by atoms with Gasteiger partial charge in [0.2, 0.25) is 5.91 Å². The van der Waals surface area contributed by atoms with Crippen molar-refractivity contribution in [3.05, 3.63) is 35.0 Å². The standard InChI is InChI=1S/C19H26ClN3O.ClH/c1-13(14-4-7-21-8-5-14)10-19(24)22-9-6-15-12-23-18-3-2-16(20)11-17(15)18;/h2-3,11-14,21,23H,4-10H2,1H3,(H,22,24);1H. The van der Waals surface area contributed by atoms with Gasteiger partial charge in [0.25, 0.3) is 0 Å². The average molecular weight is 384 g/mol. The molecule has 1 atom stereocenters. The largest absolute Gasteiger partial charge is 0.361 e. The number of hydrogen-bond acceptors (Lipinski definition) is 2. The van der Waals surface area contributed by atoms with Crippen molar-refractivity contribution in [2.24, 2.45) is 11.8 Å². The molecule has 1 aliphatic rings. The van der Waals surface area contributed by atoms with Crippen LogP contribution in [0.25, 0.3) is 10.9 Å². The third-order valence-electron chi connectivity index (χ3n) is 5.14. The van der Waals surface area contributed by atoms with Crippen molar-refractivity contribution in [2.45, 2.75) is 32.6 Å². The summed E-state index contributed by atoms with van der Waals surface area (Å²) in [6, 6.07) is 5.85. The van der Waals surface area contributed by atoms with Crippen molar-refractivity contribution in [1.29, 1.82) is 0 Å². The molecule has 1 unspecified atom stereocenters. The van der Waals surface area contributed by atoms with E-state index >= 15 is 0 Å². The molecule has 0 bridgehead atoms. The van der Waals surface area contributed by atoms with Gasteiger partial charge in [-0.2, -0.15) is 0 Å². The fraction of sp³-hybridized carbons (Fsp3) is 0.526. The first kappa shape index (κ1) is 20.1. The third-order valence-corrected chi connectivity index (χ3v) is 5.38. The summed E-state index contributed by atoms with van der Waals surface area (Å²) in [5, 5.41) is 8.33. The summed E-state index contributed by atoms with van der Waals surface area (Å²) >= 11 is 6.08. The second-order valence-corrected chi connectivity index (χ2v) is 7.31. The molecule has 1 amide bonds. The first-order chi connectivity index (χ1) is 11.6. The molecule has 2 aromatic rings. The fourth-order valence-corrected chi connectivity index (χ4v) is 3.81. The van der Waals surface area contributed by atoms with E-state index in [0.717, 1.165) is 35.4 Å². The van der Waals surface area contributed by atoms with E-state index in [1.807, 2.05) is 24.4 Å². The molecule has 0 aliphatic carbocycles. The molecule has 1 aliphatic heterocycles. The number of piperidine rings is 1. The first-order valence-electron chi connectivity index (χ1n) is 8.86. The van der Waals surface area contributed by atoms with Crippen molar-refractivity contribution in [2.75, 3.05) is 19.6 Å². The summed E-state index contributed by atoms with van der Waals surface area (Å²) < 4.78 is 0. The van der Waals surface area contributed by atoms with Crippen molar-refractivity contribution in [1.82, 2.24) is 15.6 Å². The first-order valence-corrected chi connectivity index (χ1v) is 9.24. The third kappa shape index (κ3) is 5.37. The molecule has 138 valence electrons. The van der Waals surface area contributed by atoms with Crippen LogP contribution < -0.4 is 10.6 Å². The Morgan fingerprint density at radius 2 is 2.12 bits per heavy atom. The molecule has 2 heterocycles. The molecule has 1 fully saturated rings. The van der Waals surface area contributed by atoms with Gasteiger partial charge in [0, 0.05) is 35.1 Å². The number of halogens is 2. The maximum Gasteiger partial charge on any atom is 0.220 e. The molecule has 6 heteroatoms. The van der Waals surface area contributed by atoms with Crippen LogP contribution in [-0.4, -0.2) is 30.5 Å². The zero-order chi connectivity index (χ0) is 16.9. The van der Waals surface area contributed by atoms with E-state index in [1.54, 1.807) is 0 Å². The van der Waals surface area contributed by atoms with Crippen LogP contribution in [0.2, 0.25) is 5.02 Å². The second-order valence-electron chi connectivity index (χ2n) is 6.87.